The second-order valence-corrected chi connectivity index (χ2v) is 5.71. The highest BCUT2D eigenvalue weighted by molar-refractivity contribution is 5.73. The van der Waals surface area contributed by atoms with Crippen LogP contribution in [0.4, 0.5) is 0 Å². The number of aliphatic hydroxyl groups is 1. The molecule has 128 valence electrons. The number of ether oxygens (including phenoxy) is 1. The second kappa shape index (κ2) is 8.47. The standard InChI is InChI=1S/C19H23NO4/c1-13(14-6-4-3-5-7-14)20-17(19(22)23)12-18(21)15-8-10-16(24-2)11-9-15/h3-11,13,17-18,20-21H,12H2,1-2H3,(H,22,23)/t13-,17-,18+/m0/s1. The van der Waals surface area contributed by atoms with Crippen molar-refractivity contribution in [3.8, 4) is 5.75 Å². The Hall–Kier alpha value is -2.37. The minimum absolute atomic E-state index is 0.0822. The Kier molecular flexibility index (Phi) is 6.35. The van der Waals surface area contributed by atoms with Gasteiger partial charge in [0.1, 0.15) is 11.8 Å². The molecule has 0 amide bonds. The zero-order valence-corrected chi connectivity index (χ0v) is 13.8. The van der Waals surface area contributed by atoms with Gasteiger partial charge in [-0.1, -0.05) is 42.5 Å². The van der Waals surface area contributed by atoms with E-state index < -0.39 is 18.1 Å². The number of aliphatic carboxylic acids is 1. The zero-order valence-electron chi connectivity index (χ0n) is 13.8. The van der Waals surface area contributed by atoms with Gasteiger partial charge in [0.05, 0.1) is 13.2 Å². The summed E-state index contributed by atoms with van der Waals surface area (Å²) in [5, 5.41) is 22.9. The molecule has 0 radical (unpaired) electrons. The molecule has 3 atom stereocenters. The van der Waals surface area contributed by atoms with E-state index >= 15 is 0 Å². The van der Waals surface area contributed by atoms with Gasteiger partial charge in [0.25, 0.3) is 0 Å². The lowest BCUT2D eigenvalue weighted by Gasteiger charge is -2.23. The number of hydrogen-bond donors (Lipinski definition) is 3. The van der Waals surface area contributed by atoms with Crippen LogP contribution >= 0.6 is 0 Å². The van der Waals surface area contributed by atoms with Crippen molar-refractivity contribution < 1.29 is 19.7 Å². The third-order valence-electron chi connectivity index (χ3n) is 4.01. The molecular weight excluding hydrogens is 306 g/mol. The first-order valence-electron chi connectivity index (χ1n) is 7.87. The number of aliphatic hydroxyl groups excluding tert-OH is 1. The van der Waals surface area contributed by atoms with E-state index in [9.17, 15) is 15.0 Å². The minimum Gasteiger partial charge on any atom is -0.497 e. The van der Waals surface area contributed by atoms with E-state index in [4.69, 9.17) is 4.74 Å². The second-order valence-electron chi connectivity index (χ2n) is 5.71. The van der Waals surface area contributed by atoms with Crippen LogP contribution in [0.2, 0.25) is 0 Å². The Morgan fingerprint density at radius 3 is 2.25 bits per heavy atom. The van der Waals surface area contributed by atoms with Gasteiger partial charge < -0.3 is 14.9 Å². The van der Waals surface area contributed by atoms with Crippen LogP contribution < -0.4 is 10.1 Å². The lowest BCUT2D eigenvalue weighted by atomic mass is 10.00. The molecule has 5 heteroatoms. The SMILES string of the molecule is COc1ccc([C@H](O)C[C@H](N[C@@H](C)c2ccccc2)C(=O)O)cc1. The Morgan fingerprint density at radius 2 is 1.71 bits per heavy atom. The first kappa shape index (κ1) is 18.0. The van der Waals surface area contributed by atoms with Gasteiger partial charge >= 0.3 is 5.97 Å². The molecule has 0 aromatic heterocycles. The average Bonchev–Trinajstić information content (AvgIpc) is 2.61. The van der Waals surface area contributed by atoms with E-state index in [1.807, 2.05) is 37.3 Å². The molecule has 0 unspecified atom stereocenters. The molecule has 0 saturated carbocycles. The molecule has 0 bridgehead atoms. The lowest BCUT2D eigenvalue weighted by molar-refractivity contribution is -0.140. The van der Waals surface area contributed by atoms with E-state index in [0.29, 0.717) is 11.3 Å². The van der Waals surface area contributed by atoms with E-state index in [0.717, 1.165) is 5.56 Å². The quantitative estimate of drug-likeness (QED) is 0.694. The molecule has 2 rings (SSSR count). The largest absolute Gasteiger partial charge is 0.497 e. The van der Waals surface area contributed by atoms with E-state index in [-0.39, 0.29) is 12.5 Å². The monoisotopic (exact) mass is 329 g/mol. The molecule has 0 aliphatic carbocycles. The molecule has 0 saturated heterocycles. The molecule has 0 aliphatic rings. The third-order valence-corrected chi connectivity index (χ3v) is 4.01. The van der Waals surface area contributed by atoms with Crippen LogP contribution in [0.3, 0.4) is 0 Å². The number of methoxy groups -OCH3 is 1. The van der Waals surface area contributed by atoms with Gasteiger partial charge in [-0.2, -0.15) is 0 Å². The number of nitrogens with one attached hydrogen (secondary N) is 1. The summed E-state index contributed by atoms with van der Waals surface area (Å²) >= 11 is 0. The summed E-state index contributed by atoms with van der Waals surface area (Å²) in [6.07, 6.45) is -0.786. The van der Waals surface area contributed by atoms with Crippen molar-refractivity contribution >= 4 is 5.97 Å². The summed E-state index contributed by atoms with van der Waals surface area (Å²) in [6.45, 7) is 1.91. The maximum atomic E-state index is 11.5. The van der Waals surface area contributed by atoms with Gasteiger partial charge in [-0.05, 0) is 30.2 Å². The molecule has 2 aromatic rings. The van der Waals surface area contributed by atoms with E-state index in [1.54, 1.807) is 31.4 Å². The van der Waals surface area contributed by atoms with E-state index in [2.05, 4.69) is 5.32 Å². The Labute approximate surface area is 141 Å². The summed E-state index contributed by atoms with van der Waals surface area (Å²) in [6, 6.07) is 15.6. The highest BCUT2D eigenvalue weighted by Gasteiger charge is 2.24. The van der Waals surface area contributed by atoms with Gasteiger partial charge in [0, 0.05) is 12.5 Å². The van der Waals surface area contributed by atoms with Gasteiger partial charge in [-0.25, -0.2) is 0 Å². The molecule has 24 heavy (non-hydrogen) atoms. The van der Waals surface area contributed by atoms with Crippen molar-refractivity contribution in [2.24, 2.45) is 0 Å². The van der Waals surface area contributed by atoms with Crippen molar-refractivity contribution in [1.82, 2.24) is 5.32 Å². The first-order valence-corrected chi connectivity index (χ1v) is 7.87. The Bertz CT molecular complexity index is 642. The molecule has 0 heterocycles. The molecule has 5 nitrogen and oxygen atoms in total. The fourth-order valence-electron chi connectivity index (χ4n) is 2.57. The van der Waals surface area contributed by atoms with E-state index in [1.165, 1.54) is 0 Å². The third kappa shape index (κ3) is 4.81. The topological polar surface area (TPSA) is 78.8 Å². The van der Waals surface area contributed by atoms with Crippen LogP contribution in [0.1, 0.15) is 36.6 Å². The van der Waals surface area contributed by atoms with Gasteiger partial charge in [0.2, 0.25) is 0 Å². The normalized spacial score (nSPS) is 14.6. The number of hydrogen-bond acceptors (Lipinski definition) is 4. The van der Waals surface area contributed by atoms with Crippen LogP contribution in [-0.2, 0) is 4.79 Å². The molecule has 2 aromatic carbocycles. The van der Waals surface area contributed by atoms with Crippen molar-refractivity contribution in [1.29, 1.82) is 0 Å². The van der Waals surface area contributed by atoms with Crippen molar-refractivity contribution in [3.05, 3.63) is 65.7 Å². The Morgan fingerprint density at radius 1 is 1.08 bits per heavy atom. The molecule has 0 spiro atoms. The number of carbonyl (C=O) groups is 1. The fraction of sp³-hybridized carbons (Fsp3) is 0.316. The summed E-state index contributed by atoms with van der Waals surface area (Å²) in [5.74, 6) is -0.290. The van der Waals surface area contributed by atoms with Gasteiger partial charge in [-0.15, -0.1) is 0 Å². The fourth-order valence-corrected chi connectivity index (χ4v) is 2.57. The minimum atomic E-state index is -0.981. The predicted molar refractivity (Wildman–Crippen MR) is 92.0 cm³/mol. The highest BCUT2D eigenvalue weighted by atomic mass is 16.5. The molecule has 3 N–H and O–H groups in total. The maximum Gasteiger partial charge on any atom is 0.320 e. The summed E-state index contributed by atoms with van der Waals surface area (Å²) in [7, 11) is 1.57. The van der Waals surface area contributed by atoms with Crippen LogP contribution in [0.5, 0.6) is 5.75 Å². The number of benzene rings is 2. The summed E-state index contributed by atoms with van der Waals surface area (Å²) < 4.78 is 5.08. The van der Waals surface area contributed by atoms with Crippen molar-refractivity contribution in [2.75, 3.05) is 7.11 Å². The predicted octanol–water partition coefficient (Wildman–Crippen LogP) is 2.92. The Balaban J connectivity index is 2.03. The van der Waals surface area contributed by atoms with Gasteiger partial charge in [-0.3, -0.25) is 10.1 Å². The smallest absolute Gasteiger partial charge is 0.320 e. The summed E-state index contributed by atoms with van der Waals surface area (Å²) in [5.41, 5.74) is 1.67. The van der Waals surface area contributed by atoms with Crippen LogP contribution in [0.15, 0.2) is 54.6 Å². The summed E-state index contributed by atoms with van der Waals surface area (Å²) in [4.78, 5) is 11.5. The zero-order chi connectivity index (χ0) is 17.5. The lowest BCUT2D eigenvalue weighted by Crippen LogP contribution is -2.39. The maximum absolute atomic E-state index is 11.5. The van der Waals surface area contributed by atoms with Crippen LogP contribution in [0, 0.1) is 0 Å². The van der Waals surface area contributed by atoms with Gasteiger partial charge in [0.15, 0.2) is 0 Å². The molecule has 0 fully saturated rings. The van der Waals surface area contributed by atoms with Crippen LogP contribution in [-0.4, -0.2) is 29.3 Å². The number of carboxylic acid groups (broad SMARTS) is 1. The first-order chi connectivity index (χ1) is 11.5. The molecular formula is C19H23NO4. The number of carboxylic acids is 1. The van der Waals surface area contributed by atoms with Crippen molar-refractivity contribution in [2.45, 2.75) is 31.5 Å². The van der Waals surface area contributed by atoms with Crippen molar-refractivity contribution in [3.63, 3.8) is 0 Å². The highest BCUT2D eigenvalue weighted by Crippen LogP contribution is 2.23. The average molecular weight is 329 g/mol. The van der Waals surface area contributed by atoms with Crippen LogP contribution in [0.25, 0.3) is 0 Å². The molecule has 0 aliphatic heterocycles. The number of rotatable bonds is 8.